The maximum absolute atomic E-state index is 12.2. The van der Waals surface area contributed by atoms with Gasteiger partial charge in [-0.1, -0.05) is 26.0 Å². The lowest BCUT2D eigenvalue weighted by atomic mass is 10.0. The molecule has 0 radical (unpaired) electrons. The van der Waals surface area contributed by atoms with Crippen molar-refractivity contribution in [1.82, 2.24) is 5.32 Å². The minimum atomic E-state index is -0.749. The standard InChI is InChI=1S/C20H27NO5S2/c1-13(2)11-16(19(24)25-3)21-17(22)12-26-18(23)14-5-7-15(8-6-14)20-27-9-4-10-28-20/h5-8,13,16,20H,4,9-12H2,1-3H3,(H,21,22)/t16-/m1/s1. The van der Waals surface area contributed by atoms with E-state index < -0.39 is 30.5 Å². The molecule has 1 aromatic rings. The molecular formula is C20H27NO5S2. The number of rotatable bonds is 8. The van der Waals surface area contributed by atoms with E-state index in [-0.39, 0.29) is 5.92 Å². The second-order valence-corrected chi connectivity index (χ2v) is 9.62. The molecule has 28 heavy (non-hydrogen) atoms. The highest BCUT2D eigenvalue weighted by atomic mass is 32.2. The van der Waals surface area contributed by atoms with Gasteiger partial charge in [0.15, 0.2) is 6.61 Å². The number of hydrogen-bond acceptors (Lipinski definition) is 7. The number of methoxy groups -OCH3 is 1. The van der Waals surface area contributed by atoms with Gasteiger partial charge < -0.3 is 14.8 Å². The van der Waals surface area contributed by atoms with Crippen molar-refractivity contribution in [2.75, 3.05) is 25.2 Å². The Hall–Kier alpha value is -1.67. The highest BCUT2D eigenvalue weighted by molar-refractivity contribution is 8.16. The van der Waals surface area contributed by atoms with Gasteiger partial charge >= 0.3 is 11.9 Å². The molecule has 1 amide bonds. The average Bonchev–Trinajstić information content (AvgIpc) is 2.71. The first kappa shape index (κ1) is 22.6. The Bertz CT molecular complexity index is 672. The van der Waals surface area contributed by atoms with Crippen molar-refractivity contribution in [3.05, 3.63) is 35.4 Å². The van der Waals surface area contributed by atoms with Crippen molar-refractivity contribution in [3.63, 3.8) is 0 Å². The van der Waals surface area contributed by atoms with E-state index in [0.717, 1.165) is 11.5 Å². The van der Waals surface area contributed by atoms with Crippen LogP contribution in [0.3, 0.4) is 0 Å². The summed E-state index contributed by atoms with van der Waals surface area (Å²) in [6.45, 7) is 3.44. The van der Waals surface area contributed by atoms with E-state index in [4.69, 9.17) is 9.47 Å². The van der Waals surface area contributed by atoms with Gasteiger partial charge in [0.2, 0.25) is 0 Å². The van der Waals surface area contributed by atoms with Crippen molar-refractivity contribution in [3.8, 4) is 0 Å². The summed E-state index contributed by atoms with van der Waals surface area (Å²) in [5.41, 5.74) is 1.58. The molecule has 1 heterocycles. The first-order valence-electron chi connectivity index (χ1n) is 9.28. The minimum absolute atomic E-state index is 0.200. The lowest BCUT2D eigenvalue weighted by molar-refractivity contribution is -0.145. The molecule has 1 aromatic carbocycles. The van der Waals surface area contributed by atoms with Crippen LogP contribution in [0.25, 0.3) is 0 Å². The fourth-order valence-electron chi connectivity index (χ4n) is 2.73. The van der Waals surface area contributed by atoms with E-state index in [0.29, 0.717) is 16.6 Å². The molecule has 1 aliphatic heterocycles. The van der Waals surface area contributed by atoms with Crippen molar-refractivity contribution < 1.29 is 23.9 Å². The van der Waals surface area contributed by atoms with Gasteiger partial charge in [-0.2, -0.15) is 0 Å². The smallest absolute Gasteiger partial charge is 0.338 e. The quantitative estimate of drug-likeness (QED) is 0.639. The Morgan fingerprint density at radius 2 is 1.79 bits per heavy atom. The summed E-state index contributed by atoms with van der Waals surface area (Å²) in [6.07, 6.45) is 1.68. The van der Waals surface area contributed by atoms with Crippen LogP contribution in [0, 0.1) is 5.92 Å². The SMILES string of the molecule is COC(=O)[C@@H](CC(C)C)NC(=O)COC(=O)c1ccc(C2SCCCS2)cc1. The van der Waals surface area contributed by atoms with Gasteiger partial charge in [-0.15, -0.1) is 23.5 Å². The maximum Gasteiger partial charge on any atom is 0.338 e. The predicted molar refractivity (Wildman–Crippen MR) is 112 cm³/mol. The summed E-state index contributed by atoms with van der Waals surface area (Å²) in [6, 6.07) is 6.56. The van der Waals surface area contributed by atoms with Gasteiger partial charge in [0, 0.05) is 0 Å². The Morgan fingerprint density at radius 3 is 2.36 bits per heavy atom. The molecule has 0 unspecified atom stereocenters. The summed E-state index contributed by atoms with van der Waals surface area (Å²) in [7, 11) is 1.27. The molecule has 1 aliphatic rings. The lowest BCUT2D eigenvalue weighted by Crippen LogP contribution is -2.44. The molecule has 2 rings (SSSR count). The molecule has 0 aliphatic carbocycles. The fourth-order valence-corrected chi connectivity index (χ4v) is 5.63. The maximum atomic E-state index is 12.2. The van der Waals surface area contributed by atoms with Gasteiger partial charge in [-0.05, 0) is 48.0 Å². The summed E-state index contributed by atoms with van der Waals surface area (Å²) in [4.78, 5) is 36.0. The zero-order valence-corrected chi connectivity index (χ0v) is 18.1. The number of hydrogen-bond donors (Lipinski definition) is 1. The number of carbonyl (C=O) groups excluding carboxylic acids is 3. The van der Waals surface area contributed by atoms with Crippen LogP contribution >= 0.6 is 23.5 Å². The molecule has 1 atom stereocenters. The van der Waals surface area contributed by atoms with Crippen LogP contribution in [0.15, 0.2) is 24.3 Å². The number of benzene rings is 1. The first-order chi connectivity index (χ1) is 13.4. The van der Waals surface area contributed by atoms with Crippen molar-refractivity contribution in [2.45, 2.75) is 37.3 Å². The molecule has 1 fully saturated rings. The van der Waals surface area contributed by atoms with E-state index in [1.807, 2.05) is 49.5 Å². The Labute approximate surface area is 174 Å². The van der Waals surface area contributed by atoms with E-state index in [1.54, 1.807) is 12.1 Å². The van der Waals surface area contributed by atoms with Crippen LogP contribution in [-0.4, -0.2) is 49.1 Å². The monoisotopic (exact) mass is 425 g/mol. The summed E-state index contributed by atoms with van der Waals surface area (Å²) < 4.78 is 10.2. The number of nitrogens with one attached hydrogen (secondary N) is 1. The molecule has 0 bridgehead atoms. The van der Waals surface area contributed by atoms with Gasteiger partial charge in [-0.3, -0.25) is 4.79 Å². The van der Waals surface area contributed by atoms with Gasteiger partial charge in [-0.25, -0.2) is 9.59 Å². The lowest BCUT2D eigenvalue weighted by Gasteiger charge is -2.21. The Balaban J connectivity index is 1.84. The topological polar surface area (TPSA) is 81.7 Å². The molecular weight excluding hydrogens is 398 g/mol. The van der Waals surface area contributed by atoms with Crippen LogP contribution in [0.4, 0.5) is 0 Å². The molecule has 1 N–H and O–H groups in total. The van der Waals surface area contributed by atoms with Crippen molar-refractivity contribution >= 4 is 41.4 Å². The largest absolute Gasteiger partial charge is 0.467 e. The van der Waals surface area contributed by atoms with Gasteiger partial charge in [0.25, 0.3) is 5.91 Å². The van der Waals surface area contributed by atoms with Crippen LogP contribution in [0.1, 0.15) is 47.2 Å². The van der Waals surface area contributed by atoms with E-state index in [2.05, 4.69) is 5.32 Å². The molecule has 1 saturated heterocycles. The van der Waals surface area contributed by atoms with Crippen LogP contribution in [0.5, 0.6) is 0 Å². The second kappa shape index (κ2) is 11.4. The predicted octanol–water partition coefficient (Wildman–Crippen LogP) is 3.42. The van der Waals surface area contributed by atoms with Crippen LogP contribution in [-0.2, 0) is 19.1 Å². The fraction of sp³-hybridized carbons (Fsp3) is 0.550. The third-order valence-corrected chi connectivity index (χ3v) is 7.12. The molecule has 154 valence electrons. The van der Waals surface area contributed by atoms with E-state index >= 15 is 0 Å². The average molecular weight is 426 g/mol. The minimum Gasteiger partial charge on any atom is -0.467 e. The van der Waals surface area contributed by atoms with Crippen LogP contribution < -0.4 is 5.32 Å². The van der Waals surface area contributed by atoms with Gasteiger partial charge in [0.05, 0.1) is 17.3 Å². The van der Waals surface area contributed by atoms with Gasteiger partial charge in [0.1, 0.15) is 6.04 Å². The van der Waals surface area contributed by atoms with Crippen molar-refractivity contribution in [2.24, 2.45) is 5.92 Å². The molecule has 6 nitrogen and oxygen atoms in total. The zero-order chi connectivity index (χ0) is 20.5. The Morgan fingerprint density at radius 1 is 1.14 bits per heavy atom. The van der Waals surface area contributed by atoms with E-state index in [9.17, 15) is 14.4 Å². The number of thioether (sulfide) groups is 2. The second-order valence-electron chi connectivity index (χ2n) is 6.90. The number of amides is 1. The van der Waals surface area contributed by atoms with E-state index in [1.165, 1.54) is 19.1 Å². The van der Waals surface area contributed by atoms with Crippen LogP contribution in [0.2, 0.25) is 0 Å². The molecule has 0 spiro atoms. The normalized spacial score (nSPS) is 15.7. The first-order valence-corrected chi connectivity index (χ1v) is 11.4. The third-order valence-electron chi connectivity index (χ3n) is 4.11. The summed E-state index contributed by atoms with van der Waals surface area (Å²) in [5, 5.41) is 2.56. The molecule has 0 saturated carbocycles. The highest BCUT2D eigenvalue weighted by Crippen LogP contribution is 2.43. The van der Waals surface area contributed by atoms with Crippen molar-refractivity contribution in [1.29, 1.82) is 0 Å². The summed E-state index contributed by atoms with van der Waals surface area (Å²) in [5.74, 6) is 0.897. The molecule has 0 aromatic heterocycles. The summed E-state index contributed by atoms with van der Waals surface area (Å²) >= 11 is 3.83. The Kier molecular flexibility index (Phi) is 9.18. The number of ether oxygens (including phenoxy) is 2. The number of esters is 2. The highest BCUT2D eigenvalue weighted by Gasteiger charge is 2.23. The zero-order valence-electron chi connectivity index (χ0n) is 16.4. The molecule has 8 heteroatoms. The third kappa shape index (κ3) is 7.05. The number of carbonyl (C=O) groups is 3.